The van der Waals surface area contributed by atoms with Gasteiger partial charge in [-0.3, -0.25) is 4.72 Å². The first-order valence-electron chi connectivity index (χ1n) is 9.00. The Morgan fingerprint density at radius 2 is 1.79 bits per heavy atom. The van der Waals surface area contributed by atoms with Crippen LogP contribution in [0.3, 0.4) is 0 Å². The summed E-state index contributed by atoms with van der Waals surface area (Å²) in [6.07, 6.45) is 0. The number of carbonyl (C=O) groups excluding carboxylic acids is 1. The smallest absolute Gasteiger partial charge is 0.337 e. The van der Waals surface area contributed by atoms with Gasteiger partial charge in [-0.2, -0.15) is 0 Å². The number of hydrogen-bond donors (Lipinski definition) is 1. The molecule has 0 atom stereocenters. The van der Waals surface area contributed by atoms with E-state index in [1.807, 2.05) is 19.9 Å². The molecule has 2 aromatic carbocycles. The summed E-state index contributed by atoms with van der Waals surface area (Å²) in [5.41, 5.74) is 2.69. The highest BCUT2D eigenvalue weighted by molar-refractivity contribution is 7.92. The fraction of sp³-hybridized carbons (Fsp3) is 0.238. The first-order chi connectivity index (χ1) is 13.7. The van der Waals surface area contributed by atoms with Crippen molar-refractivity contribution in [2.24, 2.45) is 0 Å². The number of sulfonamides is 1. The van der Waals surface area contributed by atoms with Crippen molar-refractivity contribution in [2.75, 3.05) is 11.8 Å². The second-order valence-electron chi connectivity index (χ2n) is 6.91. The van der Waals surface area contributed by atoms with Crippen molar-refractivity contribution in [1.29, 1.82) is 0 Å². The molecule has 7 nitrogen and oxygen atoms in total. The molecule has 152 valence electrons. The molecule has 0 aliphatic carbocycles. The number of nitrogens with one attached hydrogen (secondary N) is 1. The lowest BCUT2D eigenvalue weighted by molar-refractivity contribution is 0.0600. The zero-order valence-electron chi connectivity index (χ0n) is 16.6. The number of benzene rings is 2. The average Bonchev–Trinajstić information content (AvgIpc) is 3.13. The molecule has 1 aromatic heterocycles. The molecule has 0 bridgehead atoms. The standard InChI is InChI=1S/C21H22N2O5S/c1-13(2)18-10-7-16(19-11-14(3)22-28-19)12-20(18)29(25,26)23-17-8-5-15(6-9-17)21(24)27-4/h5-13,23H,1-4H3. The Morgan fingerprint density at radius 3 is 2.34 bits per heavy atom. The molecule has 3 rings (SSSR count). The molecule has 8 heteroatoms. The molecule has 0 fully saturated rings. The van der Waals surface area contributed by atoms with E-state index in [1.54, 1.807) is 25.1 Å². The zero-order valence-corrected chi connectivity index (χ0v) is 17.4. The summed E-state index contributed by atoms with van der Waals surface area (Å²) in [4.78, 5) is 11.7. The van der Waals surface area contributed by atoms with Gasteiger partial charge in [0.05, 0.1) is 23.3 Å². The molecule has 0 amide bonds. The monoisotopic (exact) mass is 414 g/mol. The van der Waals surface area contributed by atoms with Gasteiger partial charge in [-0.15, -0.1) is 0 Å². The summed E-state index contributed by atoms with van der Waals surface area (Å²) < 4.78 is 38.8. The molecule has 0 aliphatic rings. The highest BCUT2D eigenvalue weighted by Gasteiger charge is 2.22. The van der Waals surface area contributed by atoms with E-state index in [0.717, 1.165) is 0 Å². The fourth-order valence-corrected chi connectivity index (χ4v) is 4.35. The van der Waals surface area contributed by atoms with Crippen molar-refractivity contribution >= 4 is 21.7 Å². The summed E-state index contributed by atoms with van der Waals surface area (Å²) in [6, 6.07) is 13.0. The number of ether oxygens (including phenoxy) is 1. The van der Waals surface area contributed by atoms with E-state index >= 15 is 0 Å². The Kier molecular flexibility index (Phi) is 5.74. The maximum atomic E-state index is 13.1. The number of methoxy groups -OCH3 is 1. The minimum atomic E-state index is -3.88. The molecule has 0 unspecified atom stereocenters. The van der Waals surface area contributed by atoms with Crippen LogP contribution in [0.25, 0.3) is 11.3 Å². The SMILES string of the molecule is COC(=O)c1ccc(NS(=O)(=O)c2cc(-c3cc(C)no3)ccc2C(C)C)cc1. The Labute approximate surface area is 169 Å². The lowest BCUT2D eigenvalue weighted by Gasteiger charge is -2.16. The minimum absolute atomic E-state index is 0.00575. The third kappa shape index (κ3) is 4.48. The third-order valence-corrected chi connectivity index (χ3v) is 5.83. The number of nitrogens with zero attached hydrogens (tertiary/aromatic N) is 1. The molecule has 0 spiro atoms. The minimum Gasteiger partial charge on any atom is -0.465 e. The van der Waals surface area contributed by atoms with E-state index in [9.17, 15) is 13.2 Å². The number of anilines is 1. The molecule has 29 heavy (non-hydrogen) atoms. The quantitative estimate of drug-likeness (QED) is 0.602. The van der Waals surface area contributed by atoms with Gasteiger partial charge < -0.3 is 9.26 Å². The van der Waals surface area contributed by atoms with Gasteiger partial charge in [0.15, 0.2) is 5.76 Å². The first-order valence-corrected chi connectivity index (χ1v) is 10.5. The summed E-state index contributed by atoms with van der Waals surface area (Å²) in [6.45, 7) is 5.65. The Balaban J connectivity index is 1.99. The summed E-state index contributed by atoms with van der Waals surface area (Å²) in [7, 11) is -2.59. The Hall–Kier alpha value is -3.13. The number of rotatable bonds is 6. The highest BCUT2D eigenvalue weighted by Crippen LogP contribution is 2.31. The van der Waals surface area contributed by atoms with Crippen LogP contribution in [0.1, 0.15) is 41.4 Å². The summed E-state index contributed by atoms with van der Waals surface area (Å²) >= 11 is 0. The van der Waals surface area contributed by atoms with Gasteiger partial charge in [-0.25, -0.2) is 13.2 Å². The van der Waals surface area contributed by atoms with Crippen LogP contribution >= 0.6 is 0 Å². The number of aromatic nitrogens is 1. The van der Waals surface area contributed by atoms with Crippen molar-refractivity contribution in [3.63, 3.8) is 0 Å². The normalized spacial score (nSPS) is 11.5. The van der Waals surface area contributed by atoms with Gasteiger partial charge >= 0.3 is 5.97 Å². The lowest BCUT2D eigenvalue weighted by Crippen LogP contribution is -2.16. The van der Waals surface area contributed by atoms with Crippen LogP contribution in [-0.4, -0.2) is 26.7 Å². The molecule has 3 aromatic rings. The molecular weight excluding hydrogens is 392 g/mol. The Bertz CT molecular complexity index is 1130. The summed E-state index contributed by atoms with van der Waals surface area (Å²) in [5, 5.41) is 3.86. The topological polar surface area (TPSA) is 98.5 Å². The van der Waals surface area contributed by atoms with Crippen LogP contribution < -0.4 is 4.72 Å². The third-order valence-electron chi connectivity index (χ3n) is 4.40. The molecular formula is C21H22N2O5S. The first kappa shape index (κ1) is 20.6. The van der Waals surface area contributed by atoms with Crippen molar-refractivity contribution in [3.8, 4) is 11.3 Å². The van der Waals surface area contributed by atoms with Gasteiger partial charge in [-0.05, 0) is 48.7 Å². The van der Waals surface area contributed by atoms with E-state index in [4.69, 9.17) is 4.52 Å². The second-order valence-corrected chi connectivity index (χ2v) is 8.57. The van der Waals surface area contributed by atoms with Crippen molar-refractivity contribution < 1.29 is 22.5 Å². The predicted octanol–water partition coefficient (Wildman–Crippen LogP) is 4.36. The van der Waals surface area contributed by atoms with Gasteiger partial charge in [-0.1, -0.05) is 31.1 Å². The lowest BCUT2D eigenvalue weighted by atomic mass is 10.0. The highest BCUT2D eigenvalue weighted by atomic mass is 32.2. The van der Waals surface area contributed by atoms with Crippen molar-refractivity contribution in [2.45, 2.75) is 31.6 Å². The maximum Gasteiger partial charge on any atom is 0.337 e. The predicted molar refractivity (Wildman–Crippen MR) is 109 cm³/mol. The maximum absolute atomic E-state index is 13.1. The van der Waals surface area contributed by atoms with E-state index < -0.39 is 16.0 Å². The fourth-order valence-electron chi connectivity index (χ4n) is 2.90. The Morgan fingerprint density at radius 1 is 1.10 bits per heavy atom. The van der Waals surface area contributed by atoms with Gasteiger partial charge in [0, 0.05) is 17.3 Å². The van der Waals surface area contributed by atoms with E-state index in [1.165, 1.54) is 31.4 Å². The van der Waals surface area contributed by atoms with Crippen molar-refractivity contribution in [3.05, 3.63) is 65.4 Å². The summed E-state index contributed by atoms with van der Waals surface area (Å²) in [5.74, 6) is 0.00188. The molecule has 0 saturated carbocycles. The van der Waals surface area contributed by atoms with Crippen LogP contribution in [0, 0.1) is 6.92 Å². The second kappa shape index (κ2) is 8.08. The number of esters is 1. The van der Waals surface area contributed by atoms with Gasteiger partial charge in [0.1, 0.15) is 0 Å². The van der Waals surface area contributed by atoms with Crippen LogP contribution in [0.5, 0.6) is 0 Å². The molecule has 0 saturated heterocycles. The number of aryl methyl sites for hydroxylation is 1. The average molecular weight is 414 g/mol. The molecule has 0 aliphatic heterocycles. The van der Waals surface area contributed by atoms with E-state index in [2.05, 4.69) is 14.6 Å². The molecule has 1 N–H and O–H groups in total. The van der Waals surface area contributed by atoms with Gasteiger partial charge in [0.25, 0.3) is 10.0 Å². The van der Waals surface area contributed by atoms with Crippen molar-refractivity contribution in [1.82, 2.24) is 5.16 Å². The van der Waals surface area contributed by atoms with Crippen LogP contribution in [0.4, 0.5) is 5.69 Å². The van der Waals surface area contributed by atoms with Crippen LogP contribution in [0.2, 0.25) is 0 Å². The zero-order chi connectivity index (χ0) is 21.2. The van der Waals surface area contributed by atoms with Gasteiger partial charge in [0.2, 0.25) is 0 Å². The van der Waals surface area contributed by atoms with Crippen LogP contribution in [-0.2, 0) is 14.8 Å². The van der Waals surface area contributed by atoms with E-state index in [-0.39, 0.29) is 10.8 Å². The number of carbonyl (C=O) groups is 1. The largest absolute Gasteiger partial charge is 0.465 e. The number of hydrogen-bond acceptors (Lipinski definition) is 6. The molecule has 1 heterocycles. The van der Waals surface area contributed by atoms with E-state index in [0.29, 0.717) is 33.8 Å². The molecule has 0 radical (unpaired) electrons. The van der Waals surface area contributed by atoms with Crippen LogP contribution in [0.15, 0.2) is 57.9 Å².